The molecule has 0 amide bonds. The van der Waals surface area contributed by atoms with E-state index in [0.717, 1.165) is 11.8 Å². The normalized spacial score (nSPS) is 36.8. The average Bonchev–Trinajstić information content (AvgIpc) is 2.47. The van der Waals surface area contributed by atoms with Crippen LogP contribution in [0.3, 0.4) is 0 Å². The highest BCUT2D eigenvalue weighted by atomic mass is 14.7. The predicted octanol–water partition coefficient (Wildman–Crippen LogP) is 2.69. The highest BCUT2D eigenvalue weighted by molar-refractivity contribution is 4.82. The molecule has 0 heterocycles. The molecule has 0 aromatic rings. The second kappa shape index (κ2) is 3.78. The van der Waals surface area contributed by atoms with Gasteiger partial charge in [0.2, 0.25) is 0 Å². The third-order valence-electron chi connectivity index (χ3n) is 3.73. The van der Waals surface area contributed by atoms with E-state index in [9.17, 15) is 0 Å². The highest BCUT2D eigenvalue weighted by Gasteiger charge is 2.26. The van der Waals surface area contributed by atoms with Gasteiger partial charge in [-0.15, -0.1) is 0 Å². The fraction of sp³-hybridized carbons (Fsp3) is 1.00. The van der Waals surface area contributed by atoms with Gasteiger partial charge in [-0.05, 0) is 24.7 Å². The minimum Gasteiger partial charge on any atom is -0.328 e. The predicted molar refractivity (Wildman–Crippen MR) is 51.9 cm³/mol. The van der Waals surface area contributed by atoms with E-state index in [1.165, 1.54) is 51.4 Å². The minimum atomic E-state index is 0.554. The van der Waals surface area contributed by atoms with Gasteiger partial charge in [0.05, 0.1) is 0 Å². The molecule has 0 spiro atoms. The molecule has 0 bridgehead atoms. The summed E-state index contributed by atoms with van der Waals surface area (Å²) in [4.78, 5) is 0. The van der Waals surface area contributed by atoms with Crippen LogP contribution in [-0.4, -0.2) is 6.04 Å². The zero-order chi connectivity index (χ0) is 8.39. The number of nitrogens with two attached hydrogens (primary N) is 1. The molecule has 0 aromatic heterocycles. The fourth-order valence-electron chi connectivity index (χ4n) is 2.79. The van der Waals surface area contributed by atoms with Crippen LogP contribution in [0.1, 0.15) is 51.4 Å². The Kier molecular flexibility index (Phi) is 2.69. The fourth-order valence-corrected chi connectivity index (χ4v) is 2.79. The van der Waals surface area contributed by atoms with E-state index in [1.54, 1.807) is 0 Å². The lowest BCUT2D eigenvalue weighted by molar-refractivity contribution is 0.232. The summed E-state index contributed by atoms with van der Waals surface area (Å²) in [5, 5.41) is 0. The number of hydrogen-bond acceptors (Lipinski definition) is 1. The van der Waals surface area contributed by atoms with Gasteiger partial charge >= 0.3 is 0 Å². The molecular weight excluding hydrogens is 146 g/mol. The maximum Gasteiger partial charge on any atom is 0.00441 e. The van der Waals surface area contributed by atoms with E-state index in [4.69, 9.17) is 5.73 Å². The number of hydrogen-bond donors (Lipinski definition) is 1. The van der Waals surface area contributed by atoms with Crippen LogP contribution < -0.4 is 5.73 Å². The molecule has 0 aliphatic heterocycles. The molecule has 0 atom stereocenters. The molecule has 2 aliphatic carbocycles. The van der Waals surface area contributed by atoms with E-state index in [-0.39, 0.29) is 0 Å². The molecule has 2 rings (SSSR count). The molecule has 1 heteroatoms. The summed E-state index contributed by atoms with van der Waals surface area (Å²) < 4.78 is 0. The Morgan fingerprint density at radius 1 is 0.917 bits per heavy atom. The van der Waals surface area contributed by atoms with Gasteiger partial charge in [-0.2, -0.15) is 0 Å². The first kappa shape index (κ1) is 8.55. The standard InChI is InChI=1S/C11H21N/c12-11-7-10(8-11)6-5-9-3-1-2-4-9/h9-11H,1-8,12H2. The first-order valence-corrected chi connectivity index (χ1v) is 5.60. The average molecular weight is 167 g/mol. The van der Waals surface area contributed by atoms with Crippen molar-refractivity contribution in [2.75, 3.05) is 0 Å². The van der Waals surface area contributed by atoms with Crippen molar-refractivity contribution in [2.24, 2.45) is 17.6 Å². The maximum atomic E-state index is 5.75. The Balaban J connectivity index is 1.56. The zero-order valence-corrected chi connectivity index (χ0v) is 7.97. The van der Waals surface area contributed by atoms with Crippen LogP contribution in [0.15, 0.2) is 0 Å². The van der Waals surface area contributed by atoms with Crippen molar-refractivity contribution in [1.82, 2.24) is 0 Å². The molecule has 2 N–H and O–H groups in total. The van der Waals surface area contributed by atoms with Crippen LogP contribution in [0.25, 0.3) is 0 Å². The largest absolute Gasteiger partial charge is 0.328 e. The van der Waals surface area contributed by atoms with E-state index in [2.05, 4.69) is 0 Å². The van der Waals surface area contributed by atoms with E-state index in [0.29, 0.717) is 6.04 Å². The summed E-state index contributed by atoms with van der Waals surface area (Å²) in [6.45, 7) is 0. The van der Waals surface area contributed by atoms with Crippen molar-refractivity contribution < 1.29 is 0 Å². The SMILES string of the molecule is NC1CC(CCC2CCCC2)C1. The molecule has 2 fully saturated rings. The summed E-state index contributed by atoms with van der Waals surface area (Å²) in [5.74, 6) is 2.09. The summed E-state index contributed by atoms with van der Waals surface area (Å²) in [5.41, 5.74) is 5.75. The van der Waals surface area contributed by atoms with Gasteiger partial charge in [0.15, 0.2) is 0 Å². The van der Waals surface area contributed by atoms with Gasteiger partial charge < -0.3 is 5.73 Å². The molecule has 0 aromatic carbocycles. The van der Waals surface area contributed by atoms with E-state index >= 15 is 0 Å². The zero-order valence-electron chi connectivity index (χ0n) is 7.97. The smallest absolute Gasteiger partial charge is 0.00441 e. The lowest BCUT2D eigenvalue weighted by atomic mass is 9.77. The van der Waals surface area contributed by atoms with Crippen LogP contribution in [0.5, 0.6) is 0 Å². The number of rotatable bonds is 3. The van der Waals surface area contributed by atoms with Crippen LogP contribution in [0, 0.1) is 11.8 Å². The quantitative estimate of drug-likeness (QED) is 0.687. The summed E-state index contributed by atoms with van der Waals surface area (Å²) in [6.07, 6.45) is 11.6. The van der Waals surface area contributed by atoms with Crippen LogP contribution >= 0.6 is 0 Å². The monoisotopic (exact) mass is 167 g/mol. The highest BCUT2D eigenvalue weighted by Crippen LogP contribution is 2.35. The molecule has 0 unspecified atom stereocenters. The van der Waals surface area contributed by atoms with Gasteiger partial charge in [0.25, 0.3) is 0 Å². The first-order chi connectivity index (χ1) is 5.84. The summed E-state index contributed by atoms with van der Waals surface area (Å²) in [6, 6.07) is 0.554. The third-order valence-corrected chi connectivity index (χ3v) is 3.73. The van der Waals surface area contributed by atoms with Crippen molar-refractivity contribution in [3.8, 4) is 0 Å². The second-order valence-electron chi connectivity index (χ2n) is 4.83. The van der Waals surface area contributed by atoms with Gasteiger partial charge in [0, 0.05) is 6.04 Å². The third kappa shape index (κ3) is 2.01. The molecule has 12 heavy (non-hydrogen) atoms. The summed E-state index contributed by atoms with van der Waals surface area (Å²) in [7, 11) is 0. The van der Waals surface area contributed by atoms with E-state index in [1.807, 2.05) is 0 Å². The molecule has 1 nitrogen and oxygen atoms in total. The van der Waals surface area contributed by atoms with Crippen molar-refractivity contribution in [2.45, 2.75) is 57.4 Å². The van der Waals surface area contributed by atoms with E-state index < -0.39 is 0 Å². The van der Waals surface area contributed by atoms with Crippen molar-refractivity contribution in [3.63, 3.8) is 0 Å². The Morgan fingerprint density at radius 3 is 2.08 bits per heavy atom. The molecule has 0 saturated heterocycles. The van der Waals surface area contributed by atoms with Crippen molar-refractivity contribution >= 4 is 0 Å². The molecule has 2 aliphatic rings. The van der Waals surface area contributed by atoms with Crippen molar-refractivity contribution in [3.05, 3.63) is 0 Å². The van der Waals surface area contributed by atoms with Crippen LogP contribution in [0.2, 0.25) is 0 Å². The summed E-state index contributed by atoms with van der Waals surface area (Å²) >= 11 is 0. The lowest BCUT2D eigenvalue weighted by Crippen LogP contribution is -2.36. The Labute approximate surface area is 75.7 Å². The maximum absolute atomic E-state index is 5.75. The Hall–Kier alpha value is -0.0400. The lowest BCUT2D eigenvalue weighted by Gasteiger charge is -2.33. The van der Waals surface area contributed by atoms with Crippen molar-refractivity contribution in [1.29, 1.82) is 0 Å². The molecule has 0 radical (unpaired) electrons. The van der Waals surface area contributed by atoms with Crippen LogP contribution in [-0.2, 0) is 0 Å². The van der Waals surface area contributed by atoms with Crippen LogP contribution in [0.4, 0.5) is 0 Å². The topological polar surface area (TPSA) is 26.0 Å². The minimum absolute atomic E-state index is 0.554. The molecular formula is C11H21N. The van der Waals surface area contributed by atoms with Gasteiger partial charge in [-0.3, -0.25) is 0 Å². The van der Waals surface area contributed by atoms with Gasteiger partial charge in [-0.1, -0.05) is 38.5 Å². The van der Waals surface area contributed by atoms with Gasteiger partial charge in [-0.25, -0.2) is 0 Å². The molecule has 70 valence electrons. The second-order valence-corrected chi connectivity index (χ2v) is 4.83. The molecule has 2 saturated carbocycles. The Morgan fingerprint density at radius 2 is 1.50 bits per heavy atom. The Bertz CT molecular complexity index is 132. The first-order valence-electron chi connectivity index (χ1n) is 5.60. The van der Waals surface area contributed by atoms with Gasteiger partial charge in [0.1, 0.15) is 0 Å².